The second-order valence-corrected chi connectivity index (χ2v) is 6.24. The number of benzene rings is 1. The molecule has 1 aliphatic rings. The van der Waals surface area contributed by atoms with Crippen molar-refractivity contribution >= 4 is 11.5 Å². The van der Waals surface area contributed by atoms with Crippen molar-refractivity contribution < 1.29 is 0 Å². The number of hydrogen-bond acceptors (Lipinski definition) is 4. The third-order valence-corrected chi connectivity index (χ3v) is 4.69. The van der Waals surface area contributed by atoms with Gasteiger partial charge in [-0.15, -0.1) is 0 Å². The summed E-state index contributed by atoms with van der Waals surface area (Å²) in [5.74, 6) is 1.12. The molecule has 0 amide bonds. The highest BCUT2D eigenvalue weighted by atomic mass is 15.4. The van der Waals surface area contributed by atoms with Gasteiger partial charge in [-0.1, -0.05) is 30.3 Å². The van der Waals surface area contributed by atoms with Gasteiger partial charge in [0.15, 0.2) is 5.65 Å². The van der Waals surface area contributed by atoms with E-state index in [0.717, 1.165) is 42.4 Å². The van der Waals surface area contributed by atoms with E-state index >= 15 is 0 Å². The number of piperazine rings is 1. The van der Waals surface area contributed by atoms with E-state index in [1.807, 2.05) is 22.8 Å². The Hall–Kier alpha value is -2.40. The van der Waals surface area contributed by atoms with Crippen molar-refractivity contribution in [3.63, 3.8) is 0 Å². The molecule has 0 saturated carbocycles. The highest BCUT2D eigenvalue weighted by Gasteiger charge is 2.23. The van der Waals surface area contributed by atoms with Crippen molar-refractivity contribution in [2.24, 2.45) is 0 Å². The molecule has 3 aromatic rings. The van der Waals surface area contributed by atoms with Gasteiger partial charge >= 0.3 is 0 Å². The third-order valence-electron chi connectivity index (χ3n) is 4.69. The van der Waals surface area contributed by atoms with E-state index < -0.39 is 0 Å². The molecule has 1 aromatic carbocycles. The zero-order chi connectivity index (χ0) is 15.8. The van der Waals surface area contributed by atoms with E-state index in [-0.39, 0.29) is 0 Å². The minimum Gasteiger partial charge on any atom is -0.354 e. The standard InChI is InChI=1S/C18H21N5/c1-14-13-22(11-10-21(14)2)18-12-16(15-6-4-3-5-7-15)20-17-8-9-19-23(17)18/h3-9,12,14H,10-11,13H2,1-2H3/t14-/m0/s1. The Balaban J connectivity index is 1.81. The lowest BCUT2D eigenvalue weighted by atomic mass is 10.1. The summed E-state index contributed by atoms with van der Waals surface area (Å²) in [5.41, 5.74) is 3.03. The van der Waals surface area contributed by atoms with Crippen LogP contribution in [0.25, 0.3) is 16.9 Å². The predicted molar refractivity (Wildman–Crippen MR) is 92.7 cm³/mol. The molecule has 1 atom stereocenters. The molecule has 3 heterocycles. The number of hydrogen-bond donors (Lipinski definition) is 0. The van der Waals surface area contributed by atoms with Gasteiger partial charge in [0.2, 0.25) is 0 Å². The van der Waals surface area contributed by atoms with Gasteiger partial charge in [0.25, 0.3) is 0 Å². The summed E-state index contributed by atoms with van der Waals surface area (Å²) < 4.78 is 1.95. The number of anilines is 1. The van der Waals surface area contributed by atoms with Gasteiger partial charge in [-0.25, -0.2) is 4.98 Å². The monoisotopic (exact) mass is 307 g/mol. The first kappa shape index (κ1) is 14.2. The first-order chi connectivity index (χ1) is 11.2. The lowest BCUT2D eigenvalue weighted by molar-refractivity contribution is 0.233. The van der Waals surface area contributed by atoms with Gasteiger partial charge in [-0.05, 0) is 14.0 Å². The molecular weight excluding hydrogens is 286 g/mol. The van der Waals surface area contributed by atoms with Crippen LogP contribution in [-0.4, -0.2) is 52.2 Å². The summed E-state index contributed by atoms with van der Waals surface area (Å²) in [5, 5.41) is 4.47. The minimum atomic E-state index is 0.530. The fourth-order valence-electron chi connectivity index (χ4n) is 3.14. The average molecular weight is 307 g/mol. The molecular formula is C18H21N5. The number of aromatic nitrogens is 3. The Labute approximate surface area is 136 Å². The second kappa shape index (κ2) is 5.66. The van der Waals surface area contributed by atoms with Crippen molar-refractivity contribution in [1.82, 2.24) is 19.5 Å². The van der Waals surface area contributed by atoms with Gasteiger partial charge in [0.05, 0.1) is 11.9 Å². The number of fused-ring (bicyclic) bond motifs is 1. The lowest BCUT2D eigenvalue weighted by Gasteiger charge is -2.38. The molecule has 0 spiro atoms. The quantitative estimate of drug-likeness (QED) is 0.729. The summed E-state index contributed by atoms with van der Waals surface area (Å²) in [6.07, 6.45) is 1.82. The van der Waals surface area contributed by atoms with Crippen molar-refractivity contribution in [2.75, 3.05) is 31.6 Å². The summed E-state index contributed by atoms with van der Waals surface area (Å²) in [7, 11) is 2.19. The Morgan fingerprint density at radius 1 is 1.09 bits per heavy atom. The molecule has 1 fully saturated rings. The van der Waals surface area contributed by atoms with E-state index in [2.05, 4.69) is 59.2 Å². The molecule has 5 heteroatoms. The van der Waals surface area contributed by atoms with Crippen LogP contribution in [0.1, 0.15) is 6.92 Å². The maximum Gasteiger partial charge on any atom is 0.157 e. The first-order valence-corrected chi connectivity index (χ1v) is 8.08. The number of nitrogens with zero attached hydrogens (tertiary/aromatic N) is 5. The van der Waals surface area contributed by atoms with Crippen molar-refractivity contribution in [2.45, 2.75) is 13.0 Å². The summed E-state index contributed by atoms with van der Waals surface area (Å²) >= 11 is 0. The van der Waals surface area contributed by atoms with Gasteiger partial charge in [-0.2, -0.15) is 9.61 Å². The van der Waals surface area contributed by atoms with Crippen LogP contribution in [0.4, 0.5) is 5.82 Å². The zero-order valence-corrected chi connectivity index (χ0v) is 13.6. The summed E-state index contributed by atoms with van der Waals surface area (Å²) in [4.78, 5) is 9.57. The number of rotatable bonds is 2. The van der Waals surface area contributed by atoms with E-state index in [9.17, 15) is 0 Å². The van der Waals surface area contributed by atoms with Gasteiger partial charge in [0.1, 0.15) is 5.82 Å². The van der Waals surface area contributed by atoms with Crippen molar-refractivity contribution in [1.29, 1.82) is 0 Å². The van der Waals surface area contributed by atoms with Crippen LogP contribution in [0.5, 0.6) is 0 Å². The van der Waals surface area contributed by atoms with Gasteiger partial charge in [-0.3, -0.25) is 0 Å². The first-order valence-electron chi connectivity index (χ1n) is 8.08. The molecule has 0 unspecified atom stereocenters. The highest BCUT2D eigenvalue weighted by Crippen LogP contribution is 2.25. The van der Waals surface area contributed by atoms with Crippen LogP contribution in [0, 0.1) is 0 Å². The molecule has 0 bridgehead atoms. The molecule has 4 rings (SSSR count). The highest BCUT2D eigenvalue weighted by molar-refractivity contribution is 5.66. The molecule has 5 nitrogen and oxygen atoms in total. The molecule has 0 aliphatic carbocycles. The Kier molecular flexibility index (Phi) is 3.50. The topological polar surface area (TPSA) is 36.7 Å². The van der Waals surface area contributed by atoms with Crippen LogP contribution >= 0.6 is 0 Å². The molecule has 1 aliphatic heterocycles. The predicted octanol–water partition coefficient (Wildman–Crippen LogP) is 2.54. The smallest absolute Gasteiger partial charge is 0.157 e. The fourth-order valence-corrected chi connectivity index (χ4v) is 3.14. The molecule has 118 valence electrons. The van der Waals surface area contributed by atoms with E-state index in [1.165, 1.54) is 0 Å². The molecule has 0 radical (unpaired) electrons. The SMILES string of the molecule is C[C@H]1CN(c2cc(-c3ccccc3)nc3ccnn23)CCN1C. The minimum absolute atomic E-state index is 0.530. The Bertz CT molecular complexity index is 811. The summed E-state index contributed by atoms with van der Waals surface area (Å²) in [6.45, 7) is 5.34. The second-order valence-electron chi connectivity index (χ2n) is 6.24. The van der Waals surface area contributed by atoms with Crippen LogP contribution in [0.3, 0.4) is 0 Å². The van der Waals surface area contributed by atoms with Crippen LogP contribution in [0.2, 0.25) is 0 Å². The third kappa shape index (κ3) is 2.57. The average Bonchev–Trinajstić information content (AvgIpc) is 3.06. The number of likely N-dealkylation sites (N-methyl/N-ethyl adjacent to an activating group) is 1. The Morgan fingerprint density at radius 3 is 2.70 bits per heavy atom. The zero-order valence-electron chi connectivity index (χ0n) is 13.6. The van der Waals surface area contributed by atoms with Crippen LogP contribution in [-0.2, 0) is 0 Å². The van der Waals surface area contributed by atoms with Crippen LogP contribution < -0.4 is 4.90 Å². The largest absolute Gasteiger partial charge is 0.354 e. The maximum absolute atomic E-state index is 4.76. The molecule has 2 aromatic heterocycles. The van der Waals surface area contributed by atoms with E-state index in [1.54, 1.807) is 0 Å². The van der Waals surface area contributed by atoms with E-state index in [0.29, 0.717) is 6.04 Å². The molecule has 1 saturated heterocycles. The van der Waals surface area contributed by atoms with Crippen molar-refractivity contribution in [3.05, 3.63) is 48.7 Å². The van der Waals surface area contributed by atoms with Gasteiger partial charge < -0.3 is 9.80 Å². The normalized spacial score (nSPS) is 19.4. The van der Waals surface area contributed by atoms with Crippen molar-refractivity contribution in [3.8, 4) is 11.3 Å². The lowest BCUT2D eigenvalue weighted by Crippen LogP contribution is -2.50. The van der Waals surface area contributed by atoms with Gasteiger partial charge in [0, 0.05) is 43.4 Å². The van der Waals surface area contributed by atoms with E-state index in [4.69, 9.17) is 4.98 Å². The molecule has 23 heavy (non-hydrogen) atoms. The van der Waals surface area contributed by atoms with Crippen LogP contribution in [0.15, 0.2) is 48.7 Å². The maximum atomic E-state index is 4.76. The molecule has 0 N–H and O–H groups in total. The Morgan fingerprint density at radius 2 is 1.91 bits per heavy atom. The fraction of sp³-hybridized carbons (Fsp3) is 0.333. The summed E-state index contributed by atoms with van der Waals surface area (Å²) in [6, 6.07) is 15.0.